The van der Waals surface area contributed by atoms with Gasteiger partial charge in [-0.25, -0.2) is 9.37 Å². The number of hydrogen-bond acceptors (Lipinski definition) is 3. The molecular weight excluding hydrogens is 339 g/mol. The summed E-state index contributed by atoms with van der Waals surface area (Å²) in [6.07, 6.45) is 6.14. The molecule has 1 aromatic carbocycles. The fourth-order valence-corrected chi connectivity index (χ4v) is 3.76. The molecule has 0 amide bonds. The lowest BCUT2D eigenvalue weighted by molar-refractivity contribution is 0.180. The SMILES string of the molecule is Fc1ccccc1CN1CCC[C@H](NCc2cccn2-c2ccccn2)C1. The molecule has 0 aliphatic carbocycles. The van der Waals surface area contributed by atoms with Crippen LogP contribution in [-0.2, 0) is 13.1 Å². The third kappa shape index (κ3) is 4.43. The van der Waals surface area contributed by atoms with E-state index in [4.69, 9.17) is 0 Å². The molecule has 0 bridgehead atoms. The van der Waals surface area contributed by atoms with Gasteiger partial charge < -0.3 is 9.88 Å². The molecular formula is C22H25FN4. The summed E-state index contributed by atoms with van der Waals surface area (Å²) in [6.45, 7) is 3.44. The molecule has 2 aromatic heterocycles. The maximum absolute atomic E-state index is 13.9. The largest absolute Gasteiger partial charge is 0.307 e. The van der Waals surface area contributed by atoms with Crippen molar-refractivity contribution in [3.63, 3.8) is 0 Å². The van der Waals surface area contributed by atoms with E-state index < -0.39 is 0 Å². The van der Waals surface area contributed by atoms with E-state index in [0.717, 1.165) is 43.9 Å². The van der Waals surface area contributed by atoms with Gasteiger partial charge in [0, 0.05) is 49.3 Å². The Labute approximate surface area is 159 Å². The van der Waals surface area contributed by atoms with Crippen LogP contribution in [0.4, 0.5) is 4.39 Å². The van der Waals surface area contributed by atoms with Crippen LogP contribution in [0.1, 0.15) is 24.1 Å². The first-order valence-corrected chi connectivity index (χ1v) is 9.56. The average molecular weight is 364 g/mol. The van der Waals surface area contributed by atoms with Crippen LogP contribution in [-0.4, -0.2) is 33.6 Å². The summed E-state index contributed by atoms with van der Waals surface area (Å²) in [5.41, 5.74) is 1.97. The van der Waals surface area contributed by atoms with Crippen LogP contribution in [0.2, 0.25) is 0 Å². The average Bonchev–Trinajstić information content (AvgIpc) is 3.18. The van der Waals surface area contributed by atoms with Crippen LogP contribution in [0.3, 0.4) is 0 Å². The zero-order valence-corrected chi connectivity index (χ0v) is 15.4. The van der Waals surface area contributed by atoms with E-state index in [9.17, 15) is 4.39 Å². The van der Waals surface area contributed by atoms with Gasteiger partial charge in [-0.05, 0) is 49.7 Å². The van der Waals surface area contributed by atoms with Crippen molar-refractivity contribution in [3.8, 4) is 5.82 Å². The first-order valence-electron chi connectivity index (χ1n) is 9.56. The van der Waals surface area contributed by atoms with Crippen LogP contribution < -0.4 is 5.32 Å². The first kappa shape index (κ1) is 17.9. The summed E-state index contributed by atoms with van der Waals surface area (Å²) in [4.78, 5) is 6.78. The minimum Gasteiger partial charge on any atom is -0.307 e. The predicted octanol–water partition coefficient (Wildman–Crippen LogP) is 3.77. The lowest BCUT2D eigenvalue weighted by atomic mass is 10.0. The van der Waals surface area contributed by atoms with Gasteiger partial charge in [0.15, 0.2) is 0 Å². The summed E-state index contributed by atoms with van der Waals surface area (Å²) < 4.78 is 16.0. The standard InChI is InChI=1S/C22H25FN4/c23-21-10-2-1-7-18(21)16-26-13-5-8-19(17-26)25-15-20-9-6-14-27(20)22-11-3-4-12-24-22/h1-4,6-7,9-12,14,19,25H,5,8,13,15-17H2/t19-/m0/s1. The van der Waals surface area contributed by atoms with Crippen molar-refractivity contribution in [1.82, 2.24) is 19.8 Å². The molecule has 0 spiro atoms. The summed E-state index contributed by atoms with van der Waals surface area (Å²) in [7, 11) is 0. The Morgan fingerprint density at radius 1 is 1.07 bits per heavy atom. The van der Waals surface area contributed by atoms with Crippen LogP contribution in [0.5, 0.6) is 0 Å². The maximum atomic E-state index is 13.9. The van der Waals surface area contributed by atoms with Crippen molar-refractivity contribution < 1.29 is 4.39 Å². The topological polar surface area (TPSA) is 33.1 Å². The van der Waals surface area contributed by atoms with Gasteiger partial charge in [-0.15, -0.1) is 0 Å². The Morgan fingerprint density at radius 2 is 1.96 bits per heavy atom. The summed E-state index contributed by atoms with van der Waals surface area (Å²) in [5.74, 6) is 0.824. The quantitative estimate of drug-likeness (QED) is 0.723. The zero-order valence-electron chi connectivity index (χ0n) is 15.4. The third-order valence-electron chi connectivity index (χ3n) is 5.16. The number of rotatable bonds is 6. The Kier molecular flexibility index (Phi) is 5.61. The number of aromatic nitrogens is 2. The van der Waals surface area contributed by atoms with Crippen molar-refractivity contribution in [2.45, 2.75) is 32.0 Å². The van der Waals surface area contributed by atoms with E-state index in [0.29, 0.717) is 12.6 Å². The molecule has 0 radical (unpaired) electrons. The number of likely N-dealkylation sites (tertiary alicyclic amines) is 1. The Hall–Kier alpha value is -2.50. The number of halogens is 1. The Morgan fingerprint density at radius 3 is 2.81 bits per heavy atom. The highest BCUT2D eigenvalue weighted by molar-refractivity contribution is 5.27. The van der Waals surface area contributed by atoms with Gasteiger partial charge in [0.25, 0.3) is 0 Å². The van der Waals surface area contributed by atoms with Gasteiger partial charge in [0.1, 0.15) is 11.6 Å². The maximum Gasteiger partial charge on any atom is 0.136 e. The summed E-state index contributed by atoms with van der Waals surface area (Å²) >= 11 is 0. The van der Waals surface area contributed by atoms with Crippen LogP contribution >= 0.6 is 0 Å². The number of nitrogens with zero attached hydrogens (tertiary/aromatic N) is 3. The molecule has 1 saturated heterocycles. The lowest BCUT2D eigenvalue weighted by Gasteiger charge is -2.33. The molecule has 4 nitrogen and oxygen atoms in total. The molecule has 3 heterocycles. The Balaban J connectivity index is 1.35. The number of pyridine rings is 1. The van der Waals surface area contributed by atoms with Gasteiger partial charge in [-0.1, -0.05) is 24.3 Å². The molecule has 140 valence electrons. The highest BCUT2D eigenvalue weighted by atomic mass is 19.1. The number of benzene rings is 1. The molecule has 0 unspecified atom stereocenters. The van der Waals surface area contributed by atoms with E-state index in [2.05, 4.69) is 31.9 Å². The molecule has 5 heteroatoms. The number of nitrogens with one attached hydrogen (secondary N) is 1. The molecule has 1 fully saturated rings. The highest BCUT2D eigenvalue weighted by Gasteiger charge is 2.20. The zero-order chi connectivity index (χ0) is 18.5. The van der Waals surface area contributed by atoms with Crippen molar-refractivity contribution in [2.24, 2.45) is 0 Å². The van der Waals surface area contributed by atoms with Crippen LogP contribution in [0.15, 0.2) is 67.0 Å². The minimum absolute atomic E-state index is 0.110. The van der Waals surface area contributed by atoms with Gasteiger partial charge in [-0.2, -0.15) is 0 Å². The molecule has 27 heavy (non-hydrogen) atoms. The molecule has 3 aromatic rings. The predicted molar refractivity (Wildman–Crippen MR) is 105 cm³/mol. The number of piperidine rings is 1. The summed E-state index contributed by atoms with van der Waals surface area (Å²) in [6, 6.07) is 17.6. The smallest absolute Gasteiger partial charge is 0.136 e. The number of hydrogen-bond donors (Lipinski definition) is 1. The van der Waals surface area contributed by atoms with E-state index >= 15 is 0 Å². The van der Waals surface area contributed by atoms with Gasteiger partial charge >= 0.3 is 0 Å². The van der Waals surface area contributed by atoms with Crippen molar-refractivity contribution in [3.05, 3.63) is 84.1 Å². The van der Waals surface area contributed by atoms with Gasteiger partial charge in [-0.3, -0.25) is 4.90 Å². The van der Waals surface area contributed by atoms with Crippen molar-refractivity contribution in [1.29, 1.82) is 0 Å². The molecule has 1 N–H and O–H groups in total. The van der Waals surface area contributed by atoms with Crippen LogP contribution in [0, 0.1) is 5.82 Å². The fourth-order valence-electron chi connectivity index (χ4n) is 3.76. The second-order valence-corrected chi connectivity index (χ2v) is 7.10. The molecule has 0 saturated carbocycles. The van der Waals surface area contributed by atoms with Crippen molar-refractivity contribution >= 4 is 0 Å². The second-order valence-electron chi connectivity index (χ2n) is 7.10. The second kappa shape index (κ2) is 8.46. The molecule has 1 aliphatic rings. The van der Waals surface area contributed by atoms with Crippen molar-refractivity contribution in [2.75, 3.05) is 13.1 Å². The molecule has 1 atom stereocenters. The van der Waals surface area contributed by atoms with Gasteiger partial charge in [0.2, 0.25) is 0 Å². The van der Waals surface area contributed by atoms with E-state index in [1.165, 1.54) is 5.69 Å². The highest BCUT2D eigenvalue weighted by Crippen LogP contribution is 2.17. The monoisotopic (exact) mass is 364 g/mol. The van der Waals surface area contributed by atoms with E-state index in [-0.39, 0.29) is 5.82 Å². The molecule has 1 aliphatic heterocycles. The van der Waals surface area contributed by atoms with E-state index in [1.54, 1.807) is 12.1 Å². The minimum atomic E-state index is -0.110. The van der Waals surface area contributed by atoms with E-state index in [1.807, 2.05) is 42.7 Å². The van der Waals surface area contributed by atoms with Crippen LogP contribution in [0.25, 0.3) is 5.82 Å². The first-order chi connectivity index (χ1) is 13.3. The Bertz CT molecular complexity index is 862. The van der Waals surface area contributed by atoms with Gasteiger partial charge in [0.05, 0.1) is 0 Å². The fraction of sp³-hybridized carbons (Fsp3) is 0.318. The molecule has 4 rings (SSSR count). The summed E-state index contributed by atoms with van der Waals surface area (Å²) in [5, 5.41) is 3.68. The normalized spacial score (nSPS) is 17.9. The third-order valence-corrected chi connectivity index (χ3v) is 5.16. The lowest BCUT2D eigenvalue weighted by Crippen LogP contribution is -2.45.